The van der Waals surface area contributed by atoms with Gasteiger partial charge in [0.25, 0.3) is 0 Å². The molecule has 0 saturated heterocycles. The first-order valence-electron chi connectivity index (χ1n) is 4.98. The van der Waals surface area contributed by atoms with E-state index in [0.29, 0.717) is 11.0 Å². The highest BCUT2D eigenvalue weighted by molar-refractivity contribution is 6.29. The van der Waals surface area contributed by atoms with Gasteiger partial charge in [-0.05, 0) is 19.1 Å². The van der Waals surface area contributed by atoms with Crippen molar-refractivity contribution < 1.29 is 0 Å². The molecule has 0 aliphatic carbocycles. The Hall–Kier alpha value is -1.68. The van der Waals surface area contributed by atoms with E-state index in [9.17, 15) is 0 Å². The Bertz CT molecular complexity index is 473. The van der Waals surface area contributed by atoms with Crippen LogP contribution in [0, 0.1) is 0 Å². The average Bonchev–Trinajstić information content (AvgIpc) is 2.30. The van der Waals surface area contributed by atoms with Gasteiger partial charge in [-0.3, -0.25) is 4.98 Å². The Labute approximate surface area is 98.7 Å². The molecule has 0 atom stereocenters. The maximum absolute atomic E-state index is 5.93. The molecule has 2 aromatic heterocycles. The first kappa shape index (κ1) is 10.8. The third kappa shape index (κ3) is 2.46. The maximum Gasteiger partial charge on any atom is 0.163 e. The fourth-order valence-electron chi connectivity index (χ4n) is 1.32. The second-order valence-corrected chi connectivity index (χ2v) is 3.55. The van der Waals surface area contributed by atoms with Crippen molar-refractivity contribution in [3.63, 3.8) is 0 Å². The number of anilines is 1. The van der Waals surface area contributed by atoms with Crippen LogP contribution in [-0.4, -0.2) is 21.5 Å². The second kappa shape index (κ2) is 4.90. The highest BCUT2D eigenvalue weighted by Gasteiger charge is 2.04. The van der Waals surface area contributed by atoms with Gasteiger partial charge in [-0.1, -0.05) is 11.6 Å². The van der Waals surface area contributed by atoms with Gasteiger partial charge in [0.05, 0.1) is 0 Å². The number of nitrogens with one attached hydrogen (secondary N) is 1. The number of pyridine rings is 1. The Kier molecular flexibility index (Phi) is 3.31. The average molecular weight is 235 g/mol. The van der Waals surface area contributed by atoms with Gasteiger partial charge in [0.2, 0.25) is 0 Å². The normalized spacial score (nSPS) is 10.1. The fraction of sp³-hybridized carbons (Fsp3) is 0.182. The number of hydrogen-bond donors (Lipinski definition) is 1. The first-order valence-corrected chi connectivity index (χ1v) is 5.36. The van der Waals surface area contributed by atoms with Gasteiger partial charge in [0.1, 0.15) is 11.0 Å². The lowest BCUT2D eigenvalue weighted by atomic mass is 10.2. The Morgan fingerprint density at radius 3 is 2.69 bits per heavy atom. The predicted octanol–water partition coefficient (Wildman–Crippen LogP) is 2.62. The molecule has 82 valence electrons. The zero-order valence-corrected chi connectivity index (χ0v) is 9.57. The maximum atomic E-state index is 5.93. The molecule has 0 fully saturated rings. The van der Waals surface area contributed by atoms with Crippen LogP contribution in [0.2, 0.25) is 5.15 Å². The topological polar surface area (TPSA) is 50.7 Å². The van der Waals surface area contributed by atoms with E-state index in [1.54, 1.807) is 18.5 Å². The minimum atomic E-state index is 0.428. The standard InChI is InChI=1S/C11H11ClN4/c1-2-14-10-7-9(12)15-11(16-10)8-3-5-13-6-4-8/h3-7H,2H2,1H3,(H,14,15,16). The van der Waals surface area contributed by atoms with E-state index < -0.39 is 0 Å². The summed E-state index contributed by atoms with van der Waals surface area (Å²) in [6.07, 6.45) is 3.40. The third-order valence-electron chi connectivity index (χ3n) is 1.99. The summed E-state index contributed by atoms with van der Waals surface area (Å²) in [7, 11) is 0. The molecule has 0 spiro atoms. The molecule has 0 bridgehead atoms. The van der Waals surface area contributed by atoms with Crippen LogP contribution in [0.5, 0.6) is 0 Å². The van der Waals surface area contributed by atoms with Gasteiger partial charge in [-0.25, -0.2) is 9.97 Å². The molecule has 2 rings (SSSR count). The molecule has 5 heteroatoms. The molecule has 16 heavy (non-hydrogen) atoms. The fourth-order valence-corrected chi connectivity index (χ4v) is 1.50. The SMILES string of the molecule is CCNc1cc(Cl)nc(-c2ccncc2)n1. The van der Waals surface area contributed by atoms with E-state index in [-0.39, 0.29) is 0 Å². The van der Waals surface area contributed by atoms with Crippen LogP contribution in [0.3, 0.4) is 0 Å². The van der Waals surface area contributed by atoms with Gasteiger partial charge < -0.3 is 5.32 Å². The van der Waals surface area contributed by atoms with Crippen molar-refractivity contribution in [2.75, 3.05) is 11.9 Å². The molecule has 4 nitrogen and oxygen atoms in total. The first-order chi connectivity index (χ1) is 7.79. The minimum Gasteiger partial charge on any atom is -0.370 e. The molecular formula is C11H11ClN4. The molecule has 0 saturated carbocycles. The van der Waals surface area contributed by atoms with Gasteiger partial charge in [0, 0.05) is 30.6 Å². The summed E-state index contributed by atoms with van der Waals surface area (Å²) >= 11 is 5.93. The largest absolute Gasteiger partial charge is 0.370 e. The van der Waals surface area contributed by atoms with Crippen molar-refractivity contribution in [1.29, 1.82) is 0 Å². The molecule has 0 radical (unpaired) electrons. The lowest BCUT2D eigenvalue weighted by Crippen LogP contribution is -2.01. The number of rotatable bonds is 3. The minimum absolute atomic E-state index is 0.428. The highest BCUT2D eigenvalue weighted by atomic mass is 35.5. The molecule has 0 unspecified atom stereocenters. The van der Waals surface area contributed by atoms with Crippen LogP contribution < -0.4 is 5.32 Å². The van der Waals surface area contributed by atoms with E-state index >= 15 is 0 Å². The molecule has 0 aliphatic heterocycles. The van der Waals surface area contributed by atoms with Gasteiger partial charge in [-0.15, -0.1) is 0 Å². The van der Waals surface area contributed by atoms with E-state index in [2.05, 4.69) is 20.3 Å². The number of hydrogen-bond acceptors (Lipinski definition) is 4. The van der Waals surface area contributed by atoms with Gasteiger partial charge in [0.15, 0.2) is 5.82 Å². The molecule has 2 heterocycles. The highest BCUT2D eigenvalue weighted by Crippen LogP contribution is 2.19. The van der Waals surface area contributed by atoms with E-state index in [1.807, 2.05) is 19.1 Å². The van der Waals surface area contributed by atoms with Crippen molar-refractivity contribution in [1.82, 2.24) is 15.0 Å². The van der Waals surface area contributed by atoms with Gasteiger partial charge >= 0.3 is 0 Å². The predicted molar refractivity (Wildman–Crippen MR) is 64.4 cm³/mol. The second-order valence-electron chi connectivity index (χ2n) is 3.17. The Balaban J connectivity index is 2.41. The Morgan fingerprint density at radius 2 is 2.00 bits per heavy atom. The lowest BCUT2D eigenvalue weighted by molar-refractivity contribution is 1.11. The monoisotopic (exact) mass is 234 g/mol. The molecular weight excluding hydrogens is 224 g/mol. The molecule has 2 aromatic rings. The smallest absolute Gasteiger partial charge is 0.163 e. The quantitative estimate of drug-likeness (QED) is 0.830. The molecule has 1 N–H and O–H groups in total. The molecule has 0 amide bonds. The van der Waals surface area contributed by atoms with Crippen LogP contribution in [0.25, 0.3) is 11.4 Å². The van der Waals surface area contributed by atoms with Crippen molar-refractivity contribution in [3.8, 4) is 11.4 Å². The zero-order chi connectivity index (χ0) is 11.4. The number of halogens is 1. The lowest BCUT2D eigenvalue weighted by Gasteiger charge is -2.05. The number of aromatic nitrogens is 3. The number of nitrogens with zero attached hydrogens (tertiary/aromatic N) is 3. The zero-order valence-electron chi connectivity index (χ0n) is 8.81. The van der Waals surface area contributed by atoms with Crippen LogP contribution in [-0.2, 0) is 0 Å². The van der Waals surface area contributed by atoms with Crippen LogP contribution in [0.1, 0.15) is 6.92 Å². The summed E-state index contributed by atoms with van der Waals surface area (Å²) in [5.41, 5.74) is 0.900. The summed E-state index contributed by atoms with van der Waals surface area (Å²) < 4.78 is 0. The van der Waals surface area contributed by atoms with Crippen LogP contribution in [0.15, 0.2) is 30.6 Å². The van der Waals surface area contributed by atoms with E-state index in [0.717, 1.165) is 17.9 Å². The van der Waals surface area contributed by atoms with Crippen molar-refractivity contribution >= 4 is 17.4 Å². The van der Waals surface area contributed by atoms with Gasteiger partial charge in [-0.2, -0.15) is 0 Å². The summed E-state index contributed by atoms with van der Waals surface area (Å²) in [4.78, 5) is 12.5. The molecule has 0 aromatic carbocycles. The Morgan fingerprint density at radius 1 is 1.25 bits per heavy atom. The van der Waals surface area contributed by atoms with E-state index in [1.165, 1.54) is 0 Å². The third-order valence-corrected chi connectivity index (χ3v) is 2.18. The molecule has 0 aliphatic rings. The van der Waals surface area contributed by atoms with Crippen molar-refractivity contribution in [2.24, 2.45) is 0 Å². The van der Waals surface area contributed by atoms with Crippen LogP contribution >= 0.6 is 11.6 Å². The summed E-state index contributed by atoms with van der Waals surface area (Å²) in [5, 5.41) is 3.54. The van der Waals surface area contributed by atoms with Crippen molar-refractivity contribution in [2.45, 2.75) is 6.92 Å². The summed E-state index contributed by atoms with van der Waals surface area (Å²) in [6, 6.07) is 5.40. The van der Waals surface area contributed by atoms with Crippen LogP contribution in [0.4, 0.5) is 5.82 Å². The van der Waals surface area contributed by atoms with Crippen molar-refractivity contribution in [3.05, 3.63) is 35.7 Å². The summed E-state index contributed by atoms with van der Waals surface area (Å²) in [5.74, 6) is 1.33. The van der Waals surface area contributed by atoms with E-state index in [4.69, 9.17) is 11.6 Å². The summed E-state index contributed by atoms with van der Waals surface area (Å²) in [6.45, 7) is 2.80.